The zero-order valence-corrected chi connectivity index (χ0v) is 11.0. The molecule has 3 N–H and O–H groups in total. The zero-order valence-electron chi connectivity index (χ0n) is 11.0. The van der Waals surface area contributed by atoms with Crippen molar-refractivity contribution in [1.29, 1.82) is 0 Å². The number of nitro groups is 1. The highest BCUT2D eigenvalue weighted by molar-refractivity contribution is 5.78. The number of hydrogen-bond donors (Lipinski definition) is 2. The fourth-order valence-electron chi connectivity index (χ4n) is 2.14. The Morgan fingerprint density at radius 3 is 2.67 bits per heavy atom. The van der Waals surface area contributed by atoms with Crippen LogP contribution in [0.25, 0.3) is 0 Å². The Hall–Kier alpha value is -2.96. The van der Waals surface area contributed by atoms with Gasteiger partial charge in [-0.1, -0.05) is 6.07 Å². The highest BCUT2D eigenvalue weighted by atomic mass is 16.6. The van der Waals surface area contributed by atoms with Gasteiger partial charge in [-0.15, -0.1) is 0 Å². The van der Waals surface area contributed by atoms with Crippen LogP contribution in [-0.2, 0) is 0 Å². The fraction of sp³-hybridized carbons (Fsp3) is 0.143. The van der Waals surface area contributed by atoms with Gasteiger partial charge in [0.25, 0.3) is 0 Å². The predicted molar refractivity (Wildman–Crippen MR) is 78.2 cm³/mol. The summed E-state index contributed by atoms with van der Waals surface area (Å²) < 4.78 is 10.9. The molecule has 108 valence electrons. The largest absolute Gasteiger partial charge is 0.486 e. The molecule has 0 saturated carbocycles. The molecule has 7 nitrogen and oxygen atoms in total. The number of benzene rings is 2. The third kappa shape index (κ3) is 2.53. The third-order valence-electron chi connectivity index (χ3n) is 3.07. The Kier molecular flexibility index (Phi) is 3.23. The van der Waals surface area contributed by atoms with Gasteiger partial charge in [0.1, 0.15) is 24.6 Å². The van der Waals surface area contributed by atoms with Crippen LogP contribution in [0.4, 0.5) is 22.7 Å². The lowest BCUT2D eigenvalue weighted by atomic mass is 10.2. The van der Waals surface area contributed by atoms with Crippen LogP contribution < -0.4 is 20.5 Å². The van der Waals surface area contributed by atoms with Crippen LogP contribution in [0.1, 0.15) is 0 Å². The van der Waals surface area contributed by atoms with E-state index in [1.807, 2.05) is 0 Å². The molecule has 0 aromatic heterocycles. The molecule has 0 radical (unpaired) electrons. The van der Waals surface area contributed by atoms with E-state index in [0.717, 1.165) is 0 Å². The molecule has 0 unspecified atom stereocenters. The molecule has 1 aliphatic heterocycles. The molecule has 0 bridgehead atoms. The van der Waals surface area contributed by atoms with Crippen molar-refractivity contribution in [2.24, 2.45) is 0 Å². The van der Waals surface area contributed by atoms with Crippen LogP contribution in [0.5, 0.6) is 11.5 Å². The van der Waals surface area contributed by atoms with E-state index in [4.69, 9.17) is 15.2 Å². The van der Waals surface area contributed by atoms with E-state index in [1.165, 1.54) is 6.07 Å². The molecule has 0 saturated heterocycles. The number of nitro benzene ring substituents is 1. The molecule has 21 heavy (non-hydrogen) atoms. The maximum absolute atomic E-state index is 11.1. The van der Waals surface area contributed by atoms with E-state index < -0.39 is 4.92 Å². The van der Waals surface area contributed by atoms with Crippen LogP contribution in [0, 0.1) is 10.1 Å². The lowest BCUT2D eigenvalue weighted by Gasteiger charge is -2.19. The van der Waals surface area contributed by atoms with Gasteiger partial charge in [-0.3, -0.25) is 10.1 Å². The molecule has 2 aromatic carbocycles. The summed E-state index contributed by atoms with van der Waals surface area (Å²) in [6.45, 7) is 0.995. The molecule has 0 amide bonds. The number of rotatable bonds is 3. The maximum atomic E-state index is 11.1. The first kappa shape index (κ1) is 13.0. The van der Waals surface area contributed by atoms with Crippen molar-refractivity contribution in [2.75, 3.05) is 24.3 Å². The molecule has 7 heteroatoms. The fourth-order valence-corrected chi connectivity index (χ4v) is 2.14. The van der Waals surface area contributed by atoms with E-state index >= 15 is 0 Å². The minimum absolute atomic E-state index is 0.113. The molecule has 2 aromatic rings. The summed E-state index contributed by atoms with van der Waals surface area (Å²) in [6.07, 6.45) is 0. The molecule has 1 heterocycles. The van der Waals surface area contributed by atoms with E-state index in [2.05, 4.69) is 5.32 Å². The number of nitrogens with two attached hydrogens (primary N) is 1. The van der Waals surface area contributed by atoms with Crippen LogP contribution >= 0.6 is 0 Å². The van der Waals surface area contributed by atoms with Crippen molar-refractivity contribution in [3.8, 4) is 11.5 Å². The lowest BCUT2D eigenvalue weighted by molar-refractivity contribution is -0.383. The Morgan fingerprint density at radius 2 is 1.90 bits per heavy atom. The lowest BCUT2D eigenvalue weighted by Crippen LogP contribution is -2.15. The Bertz CT molecular complexity index is 703. The first-order chi connectivity index (χ1) is 10.1. The first-order valence-electron chi connectivity index (χ1n) is 6.35. The average Bonchev–Trinajstić information content (AvgIpc) is 2.47. The van der Waals surface area contributed by atoms with Gasteiger partial charge in [0.15, 0.2) is 11.5 Å². The van der Waals surface area contributed by atoms with Crippen LogP contribution in [-0.4, -0.2) is 18.1 Å². The second kappa shape index (κ2) is 5.20. The van der Waals surface area contributed by atoms with E-state index in [9.17, 15) is 10.1 Å². The molecule has 0 fully saturated rings. The van der Waals surface area contributed by atoms with E-state index in [-0.39, 0.29) is 11.4 Å². The Balaban J connectivity index is 1.94. The number of anilines is 3. The standard InChI is InChI=1S/C14H13N3O4/c15-10-2-1-3-11(14(10)17(18)19)16-9-4-5-12-13(8-9)21-7-6-20-12/h1-5,8,16H,6-7,15H2. The monoisotopic (exact) mass is 287 g/mol. The quantitative estimate of drug-likeness (QED) is 0.511. The third-order valence-corrected chi connectivity index (χ3v) is 3.07. The second-order valence-electron chi connectivity index (χ2n) is 4.48. The summed E-state index contributed by atoms with van der Waals surface area (Å²) in [7, 11) is 0. The molecule has 0 atom stereocenters. The normalized spacial score (nSPS) is 12.8. The van der Waals surface area contributed by atoms with E-state index in [1.54, 1.807) is 30.3 Å². The SMILES string of the molecule is Nc1cccc(Nc2ccc3c(c2)OCCO3)c1[N+](=O)[O-]. The van der Waals surface area contributed by atoms with Crippen molar-refractivity contribution >= 4 is 22.7 Å². The van der Waals surface area contributed by atoms with Crippen LogP contribution in [0.15, 0.2) is 36.4 Å². The van der Waals surface area contributed by atoms with Gasteiger partial charge in [0.2, 0.25) is 0 Å². The van der Waals surface area contributed by atoms with Gasteiger partial charge in [-0.25, -0.2) is 0 Å². The van der Waals surface area contributed by atoms with Crippen LogP contribution in [0.3, 0.4) is 0 Å². The second-order valence-corrected chi connectivity index (χ2v) is 4.48. The number of ether oxygens (including phenoxy) is 2. The average molecular weight is 287 g/mol. The number of hydrogen-bond acceptors (Lipinski definition) is 6. The summed E-state index contributed by atoms with van der Waals surface area (Å²) in [5.74, 6) is 1.27. The maximum Gasteiger partial charge on any atom is 0.315 e. The van der Waals surface area contributed by atoms with Gasteiger partial charge in [-0.05, 0) is 24.3 Å². The number of para-hydroxylation sites is 1. The topological polar surface area (TPSA) is 99.7 Å². The number of nitrogen functional groups attached to an aromatic ring is 1. The Morgan fingerprint density at radius 1 is 1.14 bits per heavy atom. The number of nitrogens with one attached hydrogen (secondary N) is 1. The zero-order chi connectivity index (χ0) is 14.8. The molecular formula is C14H13N3O4. The highest BCUT2D eigenvalue weighted by Crippen LogP contribution is 2.36. The molecule has 0 spiro atoms. The van der Waals surface area contributed by atoms with Crippen molar-refractivity contribution < 1.29 is 14.4 Å². The first-order valence-corrected chi connectivity index (χ1v) is 6.35. The summed E-state index contributed by atoms with van der Waals surface area (Å²) in [6, 6.07) is 10.0. The minimum atomic E-state index is -0.504. The van der Waals surface area contributed by atoms with Crippen molar-refractivity contribution in [2.45, 2.75) is 0 Å². The Labute approximate surface area is 120 Å². The summed E-state index contributed by atoms with van der Waals surface area (Å²) in [4.78, 5) is 10.6. The van der Waals surface area contributed by atoms with Crippen molar-refractivity contribution in [3.63, 3.8) is 0 Å². The predicted octanol–water partition coefficient (Wildman–Crippen LogP) is 2.69. The molecular weight excluding hydrogens is 274 g/mol. The minimum Gasteiger partial charge on any atom is -0.486 e. The highest BCUT2D eigenvalue weighted by Gasteiger charge is 2.18. The molecule has 3 rings (SSSR count). The number of fused-ring (bicyclic) bond motifs is 1. The van der Waals surface area contributed by atoms with Crippen molar-refractivity contribution in [3.05, 3.63) is 46.5 Å². The molecule has 1 aliphatic rings. The van der Waals surface area contributed by atoms with Gasteiger partial charge in [0.05, 0.1) is 4.92 Å². The smallest absolute Gasteiger partial charge is 0.315 e. The summed E-state index contributed by atoms with van der Waals surface area (Å²) in [5.41, 5.74) is 6.62. The molecule has 0 aliphatic carbocycles. The van der Waals surface area contributed by atoms with E-state index in [0.29, 0.717) is 36.1 Å². The summed E-state index contributed by atoms with van der Waals surface area (Å²) >= 11 is 0. The van der Waals surface area contributed by atoms with Gasteiger partial charge >= 0.3 is 5.69 Å². The number of nitrogens with zero attached hydrogens (tertiary/aromatic N) is 1. The van der Waals surface area contributed by atoms with Gasteiger partial charge < -0.3 is 20.5 Å². The van der Waals surface area contributed by atoms with Gasteiger partial charge in [0, 0.05) is 11.8 Å². The van der Waals surface area contributed by atoms with Crippen molar-refractivity contribution in [1.82, 2.24) is 0 Å². The van der Waals surface area contributed by atoms with Gasteiger partial charge in [-0.2, -0.15) is 0 Å². The summed E-state index contributed by atoms with van der Waals surface area (Å²) in [5, 5.41) is 14.1. The van der Waals surface area contributed by atoms with Crippen LogP contribution in [0.2, 0.25) is 0 Å².